The summed E-state index contributed by atoms with van der Waals surface area (Å²) >= 11 is 0.868. The number of carbonyl (C=O) groups is 2. The summed E-state index contributed by atoms with van der Waals surface area (Å²) in [5.74, 6) is -2.58. The van der Waals surface area contributed by atoms with Crippen molar-refractivity contribution in [2.45, 2.75) is 25.6 Å². The lowest BCUT2D eigenvalue weighted by molar-refractivity contribution is -0.179. The summed E-state index contributed by atoms with van der Waals surface area (Å²) in [6.07, 6.45) is 0.125. The summed E-state index contributed by atoms with van der Waals surface area (Å²) in [5.41, 5.74) is 0.385. The third kappa shape index (κ3) is 4.97. The third-order valence-corrected chi connectivity index (χ3v) is 3.98. The molecule has 0 aromatic heterocycles. The number of hydrogen-bond donors (Lipinski definition) is 1. The number of allylic oxidation sites excluding steroid dienone is 3. The molecule has 128 valence electrons. The average Bonchev–Trinajstić information content (AvgIpc) is 2.50. The van der Waals surface area contributed by atoms with Crippen LogP contribution in [0.15, 0.2) is 35.5 Å². The molecule has 0 aromatic rings. The van der Waals surface area contributed by atoms with Crippen LogP contribution in [0.25, 0.3) is 0 Å². The Kier molecular flexibility index (Phi) is 6.64. The van der Waals surface area contributed by atoms with E-state index >= 15 is 0 Å². The first kappa shape index (κ1) is 19.5. The van der Waals surface area contributed by atoms with Gasteiger partial charge < -0.3 is 5.11 Å². The summed E-state index contributed by atoms with van der Waals surface area (Å²) in [6, 6.07) is 0. The molecule has 2 atom stereocenters. The van der Waals surface area contributed by atoms with Crippen LogP contribution in [-0.2, 0) is 4.79 Å². The first-order valence-electron chi connectivity index (χ1n) is 6.83. The number of alkyl halides is 3. The highest BCUT2D eigenvalue weighted by atomic mass is 32.2. The highest BCUT2D eigenvalue weighted by Gasteiger charge is 2.43. The number of amides is 2. The molecule has 8 heteroatoms. The Balaban J connectivity index is 3.08. The number of thioether (sulfide) groups is 1. The molecule has 1 rings (SSSR count). The smallest absolute Gasteiger partial charge is 0.388 e. The fourth-order valence-electron chi connectivity index (χ4n) is 2.03. The Morgan fingerprint density at radius 3 is 2.52 bits per heavy atom. The van der Waals surface area contributed by atoms with Crippen molar-refractivity contribution >= 4 is 22.9 Å². The van der Waals surface area contributed by atoms with Gasteiger partial charge in [0.05, 0.1) is 6.10 Å². The maximum Gasteiger partial charge on any atom is 0.397 e. The first-order chi connectivity index (χ1) is 10.6. The van der Waals surface area contributed by atoms with E-state index in [1.54, 1.807) is 6.92 Å². The SMILES string of the molecule is CC/C(=C\C1=CC(C(F)(F)F)C(O)C=C1)C(=O)N(C)C(=O)SC. The van der Waals surface area contributed by atoms with Crippen LogP contribution in [0.1, 0.15) is 13.3 Å². The zero-order valence-corrected chi connectivity index (χ0v) is 13.7. The molecule has 1 aliphatic rings. The Bertz CT molecular complexity index is 567. The number of aliphatic hydroxyl groups excluding tert-OH is 1. The standard InChI is InChI=1S/C15H18F3NO3S/c1-4-10(13(21)19(2)14(22)23-3)7-9-5-6-12(20)11(8-9)15(16,17)18/h5-8,11-12,20H,4H2,1-3H3/b10-7+. The summed E-state index contributed by atoms with van der Waals surface area (Å²) in [4.78, 5) is 24.6. The number of nitrogens with zero attached hydrogens (tertiary/aromatic N) is 1. The fourth-order valence-corrected chi connectivity index (χ4v) is 2.38. The largest absolute Gasteiger partial charge is 0.397 e. The lowest BCUT2D eigenvalue weighted by atomic mass is 9.92. The minimum atomic E-state index is -4.58. The maximum absolute atomic E-state index is 12.8. The summed E-state index contributed by atoms with van der Waals surface area (Å²) in [6.45, 7) is 1.67. The third-order valence-electron chi connectivity index (χ3n) is 3.35. The van der Waals surface area contributed by atoms with Gasteiger partial charge in [0.15, 0.2) is 0 Å². The van der Waals surface area contributed by atoms with E-state index in [-0.39, 0.29) is 17.6 Å². The molecule has 0 saturated carbocycles. The number of carbonyl (C=O) groups excluding carboxylic acids is 2. The van der Waals surface area contributed by atoms with Crippen LogP contribution in [0, 0.1) is 5.92 Å². The number of halogens is 3. The van der Waals surface area contributed by atoms with E-state index in [0.29, 0.717) is 0 Å². The molecule has 0 saturated heterocycles. The molecule has 0 aromatic carbocycles. The van der Waals surface area contributed by atoms with Crippen molar-refractivity contribution in [2.75, 3.05) is 13.3 Å². The number of imide groups is 1. The number of likely N-dealkylation sites (N-methyl/N-ethyl adjacent to an activating group) is 1. The van der Waals surface area contributed by atoms with E-state index in [1.807, 2.05) is 0 Å². The number of hydrogen-bond acceptors (Lipinski definition) is 4. The molecule has 23 heavy (non-hydrogen) atoms. The molecule has 4 nitrogen and oxygen atoms in total. The van der Waals surface area contributed by atoms with Gasteiger partial charge in [-0.25, -0.2) is 0 Å². The predicted molar refractivity (Wildman–Crippen MR) is 82.8 cm³/mol. The highest BCUT2D eigenvalue weighted by molar-refractivity contribution is 8.12. The van der Waals surface area contributed by atoms with Gasteiger partial charge in [0.2, 0.25) is 0 Å². The van der Waals surface area contributed by atoms with Gasteiger partial charge in [-0.05, 0) is 24.3 Å². The van der Waals surface area contributed by atoms with E-state index in [9.17, 15) is 27.9 Å². The molecule has 0 spiro atoms. The van der Waals surface area contributed by atoms with Gasteiger partial charge in [-0.15, -0.1) is 0 Å². The van der Waals surface area contributed by atoms with Crippen LogP contribution in [0.4, 0.5) is 18.0 Å². The molecule has 0 heterocycles. The Morgan fingerprint density at radius 1 is 1.43 bits per heavy atom. The molecule has 0 radical (unpaired) electrons. The Labute approximate surface area is 136 Å². The molecule has 1 N–H and O–H groups in total. The van der Waals surface area contributed by atoms with E-state index in [0.717, 1.165) is 28.8 Å². The van der Waals surface area contributed by atoms with Crippen molar-refractivity contribution < 1.29 is 27.9 Å². The van der Waals surface area contributed by atoms with Crippen LogP contribution in [-0.4, -0.2) is 46.7 Å². The molecule has 0 fully saturated rings. The fraction of sp³-hybridized carbons (Fsp3) is 0.467. The molecule has 2 unspecified atom stereocenters. The normalized spacial score (nSPS) is 21.9. The van der Waals surface area contributed by atoms with Crippen molar-refractivity contribution in [1.82, 2.24) is 4.90 Å². The van der Waals surface area contributed by atoms with E-state index < -0.39 is 29.3 Å². The van der Waals surface area contributed by atoms with Crippen molar-refractivity contribution in [3.8, 4) is 0 Å². The molecule has 0 bridgehead atoms. The van der Waals surface area contributed by atoms with Crippen molar-refractivity contribution in [3.05, 3.63) is 35.5 Å². The molecule has 2 amide bonds. The Hall–Kier alpha value is -1.54. The molecule has 1 aliphatic carbocycles. The minimum absolute atomic E-state index is 0.174. The molecular formula is C15H18F3NO3S. The van der Waals surface area contributed by atoms with Crippen molar-refractivity contribution in [3.63, 3.8) is 0 Å². The molecule has 0 aliphatic heterocycles. The second kappa shape index (κ2) is 7.83. The van der Waals surface area contributed by atoms with Gasteiger partial charge in [0.25, 0.3) is 11.1 Å². The summed E-state index contributed by atoms with van der Waals surface area (Å²) in [7, 11) is 1.32. The zero-order valence-electron chi connectivity index (χ0n) is 12.9. The van der Waals surface area contributed by atoms with Crippen molar-refractivity contribution in [2.24, 2.45) is 5.92 Å². The van der Waals surface area contributed by atoms with Crippen LogP contribution in [0.2, 0.25) is 0 Å². The Morgan fingerprint density at radius 2 is 2.04 bits per heavy atom. The van der Waals surface area contributed by atoms with Gasteiger partial charge in [0, 0.05) is 12.6 Å². The van der Waals surface area contributed by atoms with Gasteiger partial charge in [-0.3, -0.25) is 14.5 Å². The van der Waals surface area contributed by atoms with Crippen molar-refractivity contribution in [1.29, 1.82) is 0 Å². The zero-order chi connectivity index (χ0) is 17.8. The highest BCUT2D eigenvalue weighted by Crippen LogP contribution is 2.34. The average molecular weight is 349 g/mol. The summed E-state index contributed by atoms with van der Waals surface area (Å²) < 4.78 is 38.5. The second-order valence-electron chi connectivity index (χ2n) is 4.94. The number of rotatable bonds is 3. The monoisotopic (exact) mass is 349 g/mol. The first-order valence-corrected chi connectivity index (χ1v) is 8.05. The second-order valence-corrected chi connectivity index (χ2v) is 5.70. The van der Waals surface area contributed by atoms with Crippen LogP contribution in [0.3, 0.4) is 0 Å². The van der Waals surface area contributed by atoms with Crippen LogP contribution < -0.4 is 0 Å². The summed E-state index contributed by atoms with van der Waals surface area (Å²) in [5, 5.41) is 8.97. The van der Waals surface area contributed by atoms with E-state index in [2.05, 4.69) is 0 Å². The number of aliphatic hydroxyl groups is 1. The van der Waals surface area contributed by atoms with Gasteiger partial charge in [-0.2, -0.15) is 13.2 Å². The van der Waals surface area contributed by atoms with Crippen LogP contribution in [0.5, 0.6) is 0 Å². The quantitative estimate of drug-likeness (QED) is 0.795. The van der Waals surface area contributed by atoms with Gasteiger partial charge >= 0.3 is 6.18 Å². The topological polar surface area (TPSA) is 57.6 Å². The maximum atomic E-state index is 12.8. The van der Waals surface area contributed by atoms with Gasteiger partial charge in [-0.1, -0.05) is 36.9 Å². The molecular weight excluding hydrogens is 331 g/mol. The van der Waals surface area contributed by atoms with Gasteiger partial charge in [0.1, 0.15) is 5.92 Å². The lowest BCUT2D eigenvalue weighted by Gasteiger charge is -2.24. The van der Waals surface area contributed by atoms with Crippen LogP contribution >= 0.6 is 11.8 Å². The minimum Gasteiger partial charge on any atom is -0.388 e. The predicted octanol–water partition coefficient (Wildman–Crippen LogP) is 3.30. The lowest BCUT2D eigenvalue weighted by Crippen LogP contribution is -2.33. The van der Waals surface area contributed by atoms with E-state index in [1.165, 1.54) is 25.5 Å². The van der Waals surface area contributed by atoms with E-state index in [4.69, 9.17) is 0 Å².